The Morgan fingerprint density at radius 2 is 2.06 bits per heavy atom. The third-order valence-corrected chi connectivity index (χ3v) is 7.90. The Morgan fingerprint density at radius 1 is 1.20 bits per heavy atom. The fourth-order valence-corrected chi connectivity index (χ4v) is 5.98. The summed E-state index contributed by atoms with van der Waals surface area (Å²) in [4.78, 5) is 18.8. The number of carbonyl (C=O) groups excluding carboxylic acids is 1. The van der Waals surface area contributed by atoms with Crippen molar-refractivity contribution in [3.05, 3.63) is 65.2 Å². The van der Waals surface area contributed by atoms with Crippen LogP contribution in [0.15, 0.2) is 48.5 Å². The molecule has 2 aliphatic heterocycles. The van der Waals surface area contributed by atoms with Crippen molar-refractivity contribution >= 4 is 11.6 Å². The molecule has 0 aromatic heterocycles. The van der Waals surface area contributed by atoms with Gasteiger partial charge in [0.1, 0.15) is 0 Å². The molecule has 0 bridgehead atoms. The second-order valence-corrected chi connectivity index (χ2v) is 10.2. The van der Waals surface area contributed by atoms with Gasteiger partial charge in [-0.15, -0.1) is 6.42 Å². The Morgan fingerprint density at radius 3 is 2.86 bits per heavy atom. The number of piperidine rings is 1. The maximum absolute atomic E-state index is 14.1. The van der Waals surface area contributed by atoms with Gasteiger partial charge in [0.25, 0.3) is 0 Å². The van der Waals surface area contributed by atoms with Crippen molar-refractivity contribution in [2.45, 2.75) is 43.6 Å². The molecule has 0 spiro atoms. The molecule has 184 valence electrons. The monoisotopic (exact) mass is 471 g/mol. The summed E-state index contributed by atoms with van der Waals surface area (Å²) in [6.45, 7) is 5.19. The van der Waals surface area contributed by atoms with Crippen molar-refractivity contribution < 1.29 is 9.53 Å². The maximum Gasteiger partial charge on any atom is 0.227 e. The highest BCUT2D eigenvalue weighted by Crippen LogP contribution is 2.40. The first-order valence-electron chi connectivity index (χ1n) is 13.1. The molecule has 2 aromatic rings. The van der Waals surface area contributed by atoms with Crippen LogP contribution in [0.2, 0.25) is 0 Å². The van der Waals surface area contributed by atoms with E-state index in [4.69, 9.17) is 11.2 Å². The molecule has 0 radical (unpaired) electrons. The molecule has 2 fully saturated rings. The molecule has 1 saturated heterocycles. The van der Waals surface area contributed by atoms with Crippen LogP contribution in [0.3, 0.4) is 0 Å². The SMILES string of the molecule is C#Cc1cccc([C@H]2CCNC[C@@H]2C(=O)N(CC2CN(CCCOC)c3ccccc32)C2CC2)c1. The third-order valence-electron chi connectivity index (χ3n) is 7.90. The third kappa shape index (κ3) is 5.24. The van der Waals surface area contributed by atoms with E-state index in [0.717, 1.165) is 70.6 Å². The fourth-order valence-electron chi connectivity index (χ4n) is 5.98. The molecule has 1 aliphatic carbocycles. The first kappa shape index (κ1) is 23.9. The number of anilines is 1. The predicted molar refractivity (Wildman–Crippen MR) is 141 cm³/mol. The van der Waals surface area contributed by atoms with E-state index in [1.807, 2.05) is 12.1 Å². The lowest BCUT2D eigenvalue weighted by Crippen LogP contribution is -2.48. The second-order valence-electron chi connectivity index (χ2n) is 10.2. The number of para-hydroxylation sites is 1. The van der Waals surface area contributed by atoms with Gasteiger partial charge in [0.2, 0.25) is 5.91 Å². The van der Waals surface area contributed by atoms with Crippen LogP contribution < -0.4 is 10.2 Å². The van der Waals surface area contributed by atoms with E-state index in [-0.39, 0.29) is 11.8 Å². The summed E-state index contributed by atoms with van der Waals surface area (Å²) in [6.07, 6.45) is 9.88. The molecular formula is C30H37N3O2. The largest absolute Gasteiger partial charge is 0.385 e. The van der Waals surface area contributed by atoms with E-state index >= 15 is 0 Å². The summed E-state index contributed by atoms with van der Waals surface area (Å²) < 4.78 is 5.28. The van der Waals surface area contributed by atoms with Crippen molar-refractivity contribution in [3.63, 3.8) is 0 Å². The molecule has 5 heteroatoms. The highest BCUT2D eigenvalue weighted by Gasteiger charge is 2.42. The number of terminal acetylenes is 1. The number of rotatable bonds is 9. The molecule has 5 rings (SSSR count). The Hall–Kier alpha value is -2.81. The molecule has 3 aliphatic rings. The predicted octanol–water partition coefficient (Wildman–Crippen LogP) is 3.99. The average Bonchev–Trinajstić information content (AvgIpc) is 3.69. The van der Waals surface area contributed by atoms with Gasteiger partial charge >= 0.3 is 0 Å². The zero-order valence-electron chi connectivity index (χ0n) is 20.8. The number of hydrogen-bond acceptors (Lipinski definition) is 4. The highest BCUT2D eigenvalue weighted by atomic mass is 16.5. The van der Waals surface area contributed by atoms with Crippen LogP contribution in [0.5, 0.6) is 0 Å². The number of amides is 1. The zero-order chi connectivity index (χ0) is 24.2. The lowest BCUT2D eigenvalue weighted by Gasteiger charge is -2.36. The van der Waals surface area contributed by atoms with Crippen molar-refractivity contribution in [3.8, 4) is 12.3 Å². The molecule has 2 heterocycles. The van der Waals surface area contributed by atoms with Gasteiger partial charge in [-0.2, -0.15) is 0 Å². The van der Waals surface area contributed by atoms with E-state index in [0.29, 0.717) is 17.9 Å². The summed E-state index contributed by atoms with van der Waals surface area (Å²) >= 11 is 0. The molecule has 2 aromatic carbocycles. The van der Waals surface area contributed by atoms with E-state index in [9.17, 15) is 4.79 Å². The van der Waals surface area contributed by atoms with Gasteiger partial charge in [-0.1, -0.05) is 36.3 Å². The minimum atomic E-state index is -0.0492. The number of hydrogen-bond donors (Lipinski definition) is 1. The minimum absolute atomic E-state index is 0.0492. The van der Waals surface area contributed by atoms with Crippen LogP contribution in [0.25, 0.3) is 0 Å². The van der Waals surface area contributed by atoms with Crippen LogP contribution >= 0.6 is 0 Å². The molecule has 1 unspecified atom stereocenters. The van der Waals surface area contributed by atoms with Gasteiger partial charge in [-0.05, 0) is 67.5 Å². The molecule has 5 nitrogen and oxygen atoms in total. The topological polar surface area (TPSA) is 44.8 Å². The fraction of sp³-hybridized carbons (Fsp3) is 0.500. The second kappa shape index (κ2) is 10.8. The molecule has 3 atom stereocenters. The van der Waals surface area contributed by atoms with E-state index in [1.54, 1.807) is 7.11 Å². The number of benzene rings is 2. The summed E-state index contributed by atoms with van der Waals surface area (Å²) in [5.41, 5.74) is 4.79. The summed E-state index contributed by atoms with van der Waals surface area (Å²) in [5, 5.41) is 3.50. The summed E-state index contributed by atoms with van der Waals surface area (Å²) in [7, 11) is 1.76. The average molecular weight is 472 g/mol. The van der Waals surface area contributed by atoms with Crippen LogP contribution in [-0.2, 0) is 9.53 Å². The van der Waals surface area contributed by atoms with Crippen LogP contribution in [-0.4, -0.2) is 63.3 Å². The standard InChI is InChI=1S/C30H37N3O2/c1-3-22-8-6-9-23(18-22)26-14-15-31-19-28(26)30(34)33(25-12-13-25)21-24-20-32(16-7-17-35-2)29-11-5-4-10-27(24)29/h1,4-6,8-11,18,24-26,28,31H,7,12-17,19-21H2,2H3/t24?,26-,28+/m1/s1. The van der Waals surface area contributed by atoms with Crippen molar-refractivity contribution in [2.75, 3.05) is 51.3 Å². The van der Waals surface area contributed by atoms with Crippen molar-refractivity contribution in [2.24, 2.45) is 5.92 Å². The van der Waals surface area contributed by atoms with E-state index in [1.165, 1.54) is 16.8 Å². The quantitative estimate of drug-likeness (QED) is 0.444. The number of methoxy groups -OCH3 is 1. The van der Waals surface area contributed by atoms with Gasteiger partial charge in [0, 0.05) is 63.1 Å². The number of carbonyl (C=O) groups is 1. The molecular weight excluding hydrogens is 434 g/mol. The van der Waals surface area contributed by atoms with E-state index in [2.05, 4.69) is 57.4 Å². The summed E-state index contributed by atoms with van der Waals surface area (Å²) in [6, 6.07) is 17.4. The number of nitrogens with zero attached hydrogens (tertiary/aromatic N) is 2. The first-order valence-corrected chi connectivity index (χ1v) is 13.1. The minimum Gasteiger partial charge on any atom is -0.385 e. The van der Waals surface area contributed by atoms with Crippen LogP contribution in [0.4, 0.5) is 5.69 Å². The van der Waals surface area contributed by atoms with Gasteiger partial charge in [-0.3, -0.25) is 4.79 Å². The summed E-state index contributed by atoms with van der Waals surface area (Å²) in [5.74, 6) is 3.57. The Kier molecular flexibility index (Phi) is 7.41. The first-order chi connectivity index (χ1) is 17.2. The maximum atomic E-state index is 14.1. The number of nitrogens with one attached hydrogen (secondary N) is 1. The normalized spacial score (nSPS) is 23.5. The molecule has 1 saturated carbocycles. The van der Waals surface area contributed by atoms with Gasteiger partial charge in [-0.25, -0.2) is 0 Å². The molecule has 1 N–H and O–H groups in total. The van der Waals surface area contributed by atoms with Crippen LogP contribution in [0, 0.1) is 18.3 Å². The van der Waals surface area contributed by atoms with Crippen molar-refractivity contribution in [1.82, 2.24) is 10.2 Å². The lowest BCUT2D eigenvalue weighted by atomic mass is 9.79. The highest BCUT2D eigenvalue weighted by molar-refractivity contribution is 5.81. The smallest absolute Gasteiger partial charge is 0.227 e. The number of fused-ring (bicyclic) bond motifs is 1. The Balaban J connectivity index is 1.35. The number of ether oxygens (including phenoxy) is 1. The Bertz CT molecular complexity index is 1070. The Labute approximate surface area is 209 Å². The molecule has 1 amide bonds. The van der Waals surface area contributed by atoms with E-state index < -0.39 is 0 Å². The van der Waals surface area contributed by atoms with Crippen molar-refractivity contribution in [1.29, 1.82) is 0 Å². The molecule has 35 heavy (non-hydrogen) atoms. The van der Waals surface area contributed by atoms with Gasteiger partial charge in [0.15, 0.2) is 0 Å². The zero-order valence-corrected chi connectivity index (χ0v) is 20.8. The van der Waals surface area contributed by atoms with Crippen LogP contribution in [0.1, 0.15) is 54.2 Å². The van der Waals surface area contributed by atoms with Gasteiger partial charge in [0.05, 0.1) is 5.92 Å². The lowest BCUT2D eigenvalue weighted by molar-refractivity contribution is -0.137. The van der Waals surface area contributed by atoms with Gasteiger partial charge < -0.3 is 19.9 Å².